The summed E-state index contributed by atoms with van der Waals surface area (Å²) in [4.78, 5) is 0. The maximum atomic E-state index is 13.1. The molecule has 0 fully saturated rings. The lowest BCUT2D eigenvalue weighted by Gasteiger charge is -2.08. The molecule has 88 valence electrons. The minimum atomic E-state index is -0.324. The van der Waals surface area contributed by atoms with Gasteiger partial charge in [0.15, 0.2) is 11.5 Å². The molecule has 0 bridgehead atoms. The molecule has 0 aliphatic rings. The molecule has 2 aromatic rings. The summed E-state index contributed by atoms with van der Waals surface area (Å²) >= 11 is 3.21. The van der Waals surface area contributed by atoms with Gasteiger partial charge in [0.05, 0.1) is 0 Å². The molecule has 2 nitrogen and oxygen atoms in total. The van der Waals surface area contributed by atoms with Crippen LogP contribution in [0, 0.1) is 5.82 Å². The van der Waals surface area contributed by atoms with Crippen molar-refractivity contribution in [3.63, 3.8) is 0 Å². The normalized spacial score (nSPS) is 10.2. The van der Waals surface area contributed by atoms with Crippen LogP contribution in [0.3, 0.4) is 0 Å². The Morgan fingerprint density at radius 1 is 1.18 bits per heavy atom. The molecule has 0 radical (unpaired) electrons. The highest BCUT2D eigenvalue weighted by Crippen LogP contribution is 2.25. The monoisotopic (exact) mass is 296 g/mol. The molecule has 0 aromatic heterocycles. The topological polar surface area (TPSA) is 29.5 Å². The largest absolute Gasteiger partial charge is 0.504 e. The minimum absolute atomic E-state index is 0.0722. The maximum Gasteiger partial charge on any atom is 0.161 e. The Morgan fingerprint density at radius 2 is 1.94 bits per heavy atom. The average Bonchev–Trinajstić information content (AvgIpc) is 2.27. The molecule has 17 heavy (non-hydrogen) atoms. The predicted octanol–water partition coefficient (Wildman–Crippen LogP) is 3.87. The van der Waals surface area contributed by atoms with Crippen LogP contribution in [0.2, 0.25) is 0 Å². The molecule has 1 N–H and O–H groups in total. The summed E-state index contributed by atoms with van der Waals surface area (Å²) in [6.45, 7) is 0.202. The second kappa shape index (κ2) is 5.19. The van der Waals surface area contributed by atoms with Crippen molar-refractivity contribution in [2.75, 3.05) is 0 Å². The Bertz CT molecular complexity index is 508. The van der Waals surface area contributed by atoms with E-state index in [1.54, 1.807) is 24.3 Å². The Hall–Kier alpha value is -1.55. The summed E-state index contributed by atoms with van der Waals surface area (Å²) in [7, 11) is 0. The van der Waals surface area contributed by atoms with Crippen molar-refractivity contribution >= 4 is 15.9 Å². The van der Waals surface area contributed by atoms with Gasteiger partial charge in [-0.3, -0.25) is 0 Å². The molecular weight excluding hydrogens is 287 g/mol. The lowest BCUT2D eigenvalue weighted by molar-refractivity contribution is 0.288. The molecular formula is C13H10BrFO2. The van der Waals surface area contributed by atoms with Gasteiger partial charge in [0.2, 0.25) is 0 Å². The molecule has 0 aliphatic heterocycles. The molecule has 0 atom stereocenters. The Morgan fingerprint density at radius 3 is 2.65 bits per heavy atom. The van der Waals surface area contributed by atoms with E-state index in [0.29, 0.717) is 15.8 Å². The molecule has 4 heteroatoms. The van der Waals surface area contributed by atoms with Crippen LogP contribution < -0.4 is 4.74 Å². The van der Waals surface area contributed by atoms with E-state index in [-0.39, 0.29) is 18.2 Å². The second-order valence-corrected chi connectivity index (χ2v) is 4.45. The Balaban J connectivity index is 2.10. The number of aromatic hydroxyl groups is 1. The number of para-hydroxylation sites is 2. The lowest BCUT2D eigenvalue weighted by atomic mass is 10.2. The van der Waals surface area contributed by atoms with Crippen molar-refractivity contribution in [3.8, 4) is 11.5 Å². The van der Waals surface area contributed by atoms with Crippen molar-refractivity contribution in [1.29, 1.82) is 0 Å². The fraction of sp³-hybridized carbons (Fsp3) is 0.0769. The fourth-order valence-electron chi connectivity index (χ4n) is 1.43. The number of hydrogen-bond donors (Lipinski definition) is 1. The number of rotatable bonds is 3. The van der Waals surface area contributed by atoms with Crippen molar-refractivity contribution in [2.45, 2.75) is 6.61 Å². The van der Waals surface area contributed by atoms with Crippen molar-refractivity contribution in [3.05, 3.63) is 58.3 Å². The summed E-state index contributed by atoms with van der Waals surface area (Å²) in [5.74, 6) is 0.131. The van der Waals surface area contributed by atoms with Crippen molar-refractivity contribution < 1.29 is 14.2 Å². The summed E-state index contributed by atoms with van der Waals surface area (Å²) in [6, 6.07) is 11.2. The zero-order valence-electron chi connectivity index (χ0n) is 8.86. The molecule has 0 aliphatic carbocycles. The van der Waals surface area contributed by atoms with Crippen molar-refractivity contribution in [2.24, 2.45) is 0 Å². The number of ether oxygens (including phenoxy) is 1. The molecule has 0 heterocycles. The van der Waals surface area contributed by atoms with Gasteiger partial charge in [-0.15, -0.1) is 0 Å². The van der Waals surface area contributed by atoms with Gasteiger partial charge >= 0.3 is 0 Å². The van der Waals surface area contributed by atoms with E-state index in [0.717, 1.165) is 0 Å². The summed E-state index contributed by atoms with van der Waals surface area (Å²) in [6.07, 6.45) is 0. The first kappa shape index (κ1) is 11.9. The van der Waals surface area contributed by atoms with Gasteiger partial charge in [0.1, 0.15) is 12.4 Å². The van der Waals surface area contributed by atoms with Gasteiger partial charge in [0.25, 0.3) is 0 Å². The number of phenolic OH excluding ortho intramolecular Hbond substituents is 1. The van der Waals surface area contributed by atoms with Gasteiger partial charge in [0, 0.05) is 4.47 Å². The Labute approximate surface area is 107 Å². The highest BCUT2D eigenvalue weighted by Gasteiger charge is 2.03. The smallest absolute Gasteiger partial charge is 0.161 e. The van der Waals surface area contributed by atoms with E-state index in [1.807, 2.05) is 0 Å². The minimum Gasteiger partial charge on any atom is -0.504 e. The standard InChI is InChI=1S/C13H10BrFO2/c14-10-5-9(6-11(15)7-10)8-17-13-4-2-1-3-12(13)16/h1-7,16H,8H2. The molecule has 0 unspecified atom stereocenters. The van der Waals surface area contributed by atoms with Crippen LogP contribution in [0.25, 0.3) is 0 Å². The molecule has 0 saturated carbocycles. The zero-order valence-corrected chi connectivity index (χ0v) is 10.4. The van der Waals surface area contributed by atoms with Crippen LogP contribution in [0.1, 0.15) is 5.56 Å². The lowest BCUT2D eigenvalue weighted by Crippen LogP contribution is -1.96. The van der Waals surface area contributed by atoms with Crippen molar-refractivity contribution in [1.82, 2.24) is 0 Å². The first-order valence-electron chi connectivity index (χ1n) is 5.01. The molecule has 2 aromatic carbocycles. The van der Waals surface area contributed by atoms with Crippen LogP contribution in [0.5, 0.6) is 11.5 Å². The highest BCUT2D eigenvalue weighted by atomic mass is 79.9. The van der Waals surface area contributed by atoms with E-state index in [9.17, 15) is 9.50 Å². The van der Waals surface area contributed by atoms with Gasteiger partial charge in [-0.25, -0.2) is 4.39 Å². The third-order valence-electron chi connectivity index (χ3n) is 2.18. The number of halogens is 2. The van der Waals surface area contributed by atoms with E-state index in [1.165, 1.54) is 18.2 Å². The molecule has 2 rings (SSSR count). The van der Waals surface area contributed by atoms with Crippen LogP contribution >= 0.6 is 15.9 Å². The van der Waals surface area contributed by atoms with Crippen LogP contribution in [-0.2, 0) is 6.61 Å². The van der Waals surface area contributed by atoms with Crippen LogP contribution in [0.4, 0.5) is 4.39 Å². The van der Waals surface area contributed by atoms with Gasteiger partial charge in [-0.2, -0.15) is 0 Å². The molecule has 0 spiro atoms. The van der Waals surface area contributed by atoms with E-state index >= 15 is 0 Å². The quantitative estimate of drug-likeness (QED) is 0.931. The number of hydrogen-bond acceptors (Lipinski definition) is 2. The molecule has 0 saturated heterocycles. The van der Waals surface area contributed by atoms with E-state index in [4.69, 9.17) is 4.74 Å². The maximum absolute atomic E-state index is 13.1. The summed E-state index contributed by atoms with van der Waals surface area (Å²) in [5, 5.41) is 9.49. The first-order chi connectivity index (χ1) is 8.15. The third kappa shape index (κ3) is 3.20. The molecule has 0 amide bonds. The van der Waals surface area contributed by atoms with Gasteiger partial charge in [-0.1, -0.05) is 28.1 Å². The van der Waals surface area contributed by atoms with E-state index in [2.05, 4.69) is 15.9 Å². The van der Waals surface area contributed by atoms with E-state index < -0.39 is 0 Å². The number of benzene rings is 2. The zero-order chi connectivity index (χ0) is 12.3. The van der Waals surface area contributed by atoms with Gasteiger partial charge in [-0.05, 0) is 35.9 Å². The first-order valence-corrected chi connectivity index (χ1v) is 5.80. The van der Waals surface area contributed by atoms with Crippen LogP contribution in [0.15, 0.2) is 46.9 Å². The summed E-state index contributed by atoms with van der Waals surface area (Å²) in [5.41, 5.74) is 0.695. The second-order valence-electron chi connectivity index (χ2n) is 3.53. The third-order valence-corrected chi connectivity index (χ3v) is 2.64. The Kier molecular flexibility index (Phi) is 3.64. The number of phenols is 1. The fourth-order valence-corrected chi connectivity index (χ4v) is 1.95. The van der Waals surface area contributed by atoms with Crippen LogP contribution in [-0.4, -0.2) is 5.11 Å². The average molecular weight is 297 g/mol. The highest BCUT2D eigenvalue weighted by molar-refractivity contribution is 9.10. The predicted molar refractivity (Wildman–Crippen MR) is 66.5 cm³/mol. The SMILES string of the molecule is Oc1ccccc1OCc1cc(F)cc(Br)c1. The summed E-state index contributed by atoms with van der Waals surface area (Å²) < 4.78 is 19.2. The van der Waals surface area contributed by atoms with Gasteiger partial charge < -0.3 is 9.84 Å².